The van der Waals surface area contributed by atoms with Crippen LogP contribution in [-0.2, 0) is 6.42 Å². The second-order valence-electron chi connectivity index (χ2n) is 3.94. The van der Waals surface area contributed by atoms with Crippen molar-refractivity contribution < 1.29 is 8.81 Å². The average Bonchev–Trinajstić information content (AvgIpc) is 2.89. The Hall–Kier alpha value is -1.30. The monoisotopic (exact) mass is 266 g/mol. The van der Waals surface area contributed by atoms with E-state index in [1.807, 2.05) is 12.1 Å². The van der Waals surface area contributed by atoms with Crippen LogP contribution in [0.2, 0.25) is 0 Å². The molecule has 18 heavy (non-hydrogen) atoms. The molecule has 1 unspecified atom stereocenters. The van der Waals surface area contributed by atoms with Crippen LogP contribution in [-0.4, -0.2) is 11.8 Å². The van der Waals surface area contributed by atoms with Crippen molar-refractivity contribution in [2.75, 3.05) is 5.75 Å². The molecule has 0 saturated carbocycles. The van der Waals surface area contributed by atoms with E-state index in [4.69, 9.17) is 10.3 Å². The third kappa shape index (κ3) is 3.60. The number of furan rings is 1. The molecule has 2 aromatic rings. The smallest absolute Gasteiger partial charge is 0.136 e. The summed E-state index contributed by atoms with van der Waals surface area (Å²) in [6.07, 6.45) is 4.08. The Morgan fingerprint density at radius 3 is 2.83 bits per heavy atom. The molecule has 1 aromatic heterocycles. The maximum Gasteiger partial charge on any atom is 0.136 e. The molecule has 96 valence electrons. The van der Waals surface area contributed by atoms with E-state index in [0.29, 0.717) is 10.6 Å². The molecule has 0 aliphatic rings. The van der Waals surface area contributed by atoms with Crippen molar-refractivity contribution in [2.45, 2.75) is 17.4 Å². The number of halogens is 1. The van der Waals surface area contributed by atoms with E-state index in [0.717, 1.165) is 12.0 Å². The molecule has 3 N–H and O–H groups in total. The average molecular weight is 266 g/mol. The molecule has 1 atom stereocenters. The zero-order valence-corrected chi connectivity index (χ0v) is 10.6. The Labute approximate surface area is 110 Å². The number of nitrogens with one attached hydrogen (secondary N) is 1. The van der Waals surface area contributed by atoms with Crippen LogP contribution in [0.25, 0.3) is 0 Å². The lowest BCUT2D eigenvalue weighted by molar-refractivity contribution is 0.547. The maximum absolute atomic E-state index is 13.4. The van der Waals surface area contributed by atoms with Gasteiger partial charge in [-0.3, -0.25) is 11.3 Å². The molecule has 0 bridgehead atoms. The molecule has 0 aliphatic heterocycles. The molecule has 2 rings (SSSR count). The van der Waals surface area contributed by atoms with Gasteiger partial charge >= 0.3 is 0 Å². The summed E-state index contributed by atoms with van der Waals surface area (Å²) >= 11 is 1.45. The maximum atomic E-state index is 13.4. The SMILES string of the molecule is NNC(CSc1ccccc1F)Cc1ccoc1. The molecule has 1 heterocycles. The lowest BCUT2D eigenvalue weighted by Gasteiger charge is -2.14. The van der Waals surface area contributed by atoms with Crippen molar-refractivity contribution in [3.05, 3.63) is 54.2 Å². The second-order valence-corrected chi connectivity index (χ2v) is 5.00. The molecule has 0 aliphatic carbocycles. The summed E-state index contributed by atoms with van der Waals surface area (Å²) < 4.78 is 18.4. The molecular weight excluding hydrogens is 251 g/mol. The molecule has 0 amide bonds. The van der Waals surface area contributed by atoms with Crippen LogP contribution in [0, 0.1) is 5.82 Å². The topological polar surface area (TPSA) is 51.2 Å². The van der Waals surface area contributed by atoms with E-state index in [-0.39, 0.29) is 11.9 Å². The number of hydrazine groups is 1. The van der Waals surface area contributed by atoms with Crippen LogP contribution in [0.15, 0.2) is 52.2 Å². The van der Waals surface area contributed by atoms with Crippen molar-refractivity contribution in [2.24, 2.45) is 5.84 Å². The predicted molar refractivity (Wildman–Crippen MR) is 70.6 cm³/mol. The Kier molecular flexibility index (Phi) is 4.81. The highest BCUT2D eigenvalue weighted by Gasteiger charge is 2.10. The number of benzene rings is 1. The summed E-state index contributed by atoms with van der Waals surface area (Å²) in [6, 6.07) is 8.72. The largest absolute Gasteiger partial charge is 0.472 e. The fraction of sp³-hybridized carbons (Fsp3) is 0.231. The van der Waals surface area contributed by atoms with Gasteiger partial charge in [-0.15, -0.1) is 11.8 Å². The number of thioether (sulfide) groups is 1. The van der Waals surface area contributed by atoms with Gasteiger partial charge in [-0.05, 0) is 30.2 Å². The third-order valence-corrected chi connectivity index (χ3v) is 3.79. The highest BCUT2D eigenvalue weighted by molar-refractivity contribution is 7.99. The van der Waals surface area contributed by atoms with Gasteiger partial charge in [-0.2, -0.15) is 0 Å². The molecule has 5 heteroatoms. The van der Waals surface area contributed by atoms with Gasteiger partial charge in [0.25, 0.3) is 0 Å². The van der Waals surface area contributed by atoms with Gasteiger partial charge in [-0.25, -0.2) is 4.39 Å². The first-order valence-electron chi connectivity index (χ1n) is 5.64. The molecule has 1 aromatic carbocycles. The Morgan fingerprint density at radius 2 is 2.17 bits per heavy atom. The number of hydrogen-bond donors (Lipinski definition) is 2. The molecule has 0 saturated heterocycles. The van der Waals surface area contributed by atoms with Gasteiger partial charge in [0.05, 0.1) is 12.5 Å². The predicted octanol–water partition coefficient (Wildman–Crippen LogP) is 2.59. The Bertz CT molecular complexity index is 476. The van der Waals surface area contributed by atoms with Gasteiger partial charge in [0.2, 0.25) is 0 Å². The van der Waals surface area contributed by atoms with Crippen molar-refractivity contribution in [3.8, 4) is 0 Å². The van der Waals surface area contributed by atoms with Crippen LogP contribution in [0.3, 0.4) is 0 Å². The van der Waals surface area contributed by atoms with Gasteiger partial charge in [0.15, 0.2) is 0 Å². The quantitative estimate of drug-likeness (QED) is 0.479. The fourth-order valence-corrected chi connectivity index (χ4v) is 2.59. The molecule has 0 spiro atoms. The van der Waals surface area contributed by atoms with Crippen LogP contribution < -0.4 is 11.3 Å². The van der Waals surface area contributed by atoms with Gasteiger partial charge in [0.1, 0.15) is 5.82 Å². The van der Waals surface area contributed by atoms with E-state index >= 15 is 0 Å². The zero-order valence-electron chi connectivity index (χ0n) is 9.80. The summed E-state index contributed by atoms with van der Waals surface area (Å²) in [5.74, 6) is 6.01. The molecule has 0 radical (unpaired) electrons. The van der Waals surface area contributed by atoms with Crippen LogP contribution in [0.4, 0.5) is 4.39 Å². The first-order valence-corrected chi connectivity index (χ1v) is 6.62. The van der Waals surface area contributed by atoms with Crippen molar-refractivity contribution in [3.63, 3.8) is 0 Å². The summed E-state index contributed by atoms with van der Waals surface area (Å²) in [5, 5.41) is 0. The lowest BCUT2D eigenvalue weighted by atomic mass is 10.1. The third-order valence-electron chi connectivity index (χ3n) is 2.57. The highest BCUT2D eigenvalue weighted by Crippen LogP contribution is 2.22. The molecule has 0 fully saturated rings. The van der Waals surface area contributed by atoms with Crippen LogP contribution >= 0.6 is 11.8 Å². The summed E-state index contributed by atoms with van der Waals surface area (Å²) in [7, 11) is 0. The van der Waals surface area contributed by atoms with E-state index in [1.54, 1.807) is 24.7 Å². The van der Waals surface area contributed by atoms with Crippen LogP contribution in [0.5, 0.6) is 0 Å². The summed E-state index contributed by atoms with van der Waals surface area (Å²) in [5.41, 5.74) is 3.82. The van der Waals surface area contributed by atoms with Crippen molar-refractivity contribution >= 4 is 11.8 Å². The first-order chi connectivity index (χ1) is 8.79. The molecule has 3 nitrogen and oxygen atoms in total. The standard InChI is InChI=1S/C13H15FN2OS/c14-12-3-1-2-4-13(12)18-9-11(16-15)7-10-5-6-17-8-10/h1-6,8,11,16H,7,9,15H2. The number of hydrogen-bond acceptors (Lipinski definition) is 4. The van der Waals surface area contributed by atoms with Crippen molar-refractivity contribution in [1.29, 1.82) is 0 Å². The minimum Gasteiger partial charge on any atom is -0.472 e. The van der Waals surface area contributed by atoms with E-state index in [2.05, 4.69) is 5.43 Å². The Balaban J connectivity index is 1.89. The van der Waals surface area contributed by atoms with E-state index in [9.17, 15) is 4.39 Å². The number of rotatable bonds is 6. The molecular formula is C13H15FN2OS. The van der Waals surface area contributed by atoms with Gasteiger partial charge in [0, 0.05) is 16.7 Å². The van der Waals surface area contributed by atoms with Gasteiger partial charge in [-0.1, -0.05) is 12.1 Å². The normalized spacial score (nSPS) is 12.6. The van der Waals surface area contributed by atoms with Crippen LogP contribution in [0.1, 0.15) is 5.56 Å². The first kappa shape index (κ1) is 13.1. The van der Waals surface area contributed by atoms with Gasteiger partial charge < -0.3 is 4.42 Å². The minimum absolute atomic E-state index is 0.0761. The summed E-state index contributed by atoms with van der Waals surface area (Å²) in [4.78, 5) is 0.643. The Morgan fingerprint density at radius 1 is 1.33 bits per heavy atom. The highest BCUT2D eigenvalue weighted by atomic mass is 32.2. The lowest BCUT2D eigenvalue weighted by Crippen LogP contribution is -2.38. The fourth-order valence-electron chi connectivity index (χ4n) is 1.61. The van der Waals surface area contributed by atoms with E-state index < -0.39 is 0 Å². The van der Waals surface area contributed by atoms with E-state index in [1.165, 1.54) is 17.8 Å². The summed E-state index contributed by atoms with van der Waals surface area (Å²) in [6.45, 7) is 0. The zero-order chi connectivity index (χ0) is 12.8. The van der Waals surface area contributed by atoms with Crippen molar-refractivity contribution in [1.82, 2.24) is 5.43 Å². The number of nitrogens with two attached hydrogens (primary N) is 1. The second kappa shape index (κ2) is 6.58. The minimum atomic E-state index is -0.193.